The number of rotatable bonds is 2. The lowest BCUT2D eigenvalue weighted by atomic mass is 9.99. The zero-order valence-electron chi connectivity index (χ0n) is 15.5. The Balaban J connectivity index is 1.72. The third-order valence-corrected chi connectivity index (χ3v) is 5.11. The molecular weight excluding hydrogens is 392 g/mol. The molecule has 0 saturated carbocycles. The van der Waals surface area contributed by atoms with Gasteiger partial charge in [-0.25, -0.2) is 9.07 Å². The molecule has 6 heteroatoms. The van der Waals surface area contributed by atoms with Gasteiger partial charge in [0.1, 0.15) is 5.82 Å². The van der Waals surface area contributed by atoms with Gasteiger partial charge in [-0.05, 0) is 57.9 Å². The minimum atomic E-state index is -4.59. The van der Waals surface area contributed by atoms with Gasteiger partial charge < -0.3 is 0 Å². The molecule has 0 radical (unpaired) electrons. The molecule has 1 aromatic heterocycles. The predicted octanol–water partition coefficient (Wildman–Crippen LogP) is 7.00. The zero-order chi connectivity index (χ0) is 20.9. The first-order valence-electron chi connectivity index (χ1n) is 9.25. The van der Waals surface area contributed by atoms with Gasteiger partial charge in [0.05, 0.1) is 11.4 Å². The van der Waals surface area contributed by atoms with E-state index in [9.17, 15) is 17.6 Å². The number of nitrogens with zero attached hydrogens (tertiary/aromatic N) is 2. The maximum Gasteiger partial charge on any atom is 0.435 e. The molecule has 0 fully saturated rings. The Morgan fingerprint density at radius 1 is 0.700 bits per heavy atom. The maximum atomic E-state index is 13.4. The zero-order valence-corrected chi connectivity index (χ0v) is 15.5. The quantitative estimate of drug-likeness (QED) is 0.228. The van der Waals surface area contributed by atoms with Crippen molar-refractivity contribution in [2.45, 2.75) is 6.18 Å². The lowest BCUT2D eigenvalue weighted by Crippen LogP contribution is -2.07. The fourth-order valence-corrected chi connectivity index (χ4v) is 3.68. The molecule has 5 aromatic rings. The Bertz CT molecular complexity index is 1380. The van der Waals surface area contributed by atoms with Crippen LogP contribution in [0, 0.1) is 5.82 Å². The van der Waals surface area contributed by atoms with Crippen molar-refractivity contribution in [3.8, 4) is 16.9 Å². The molecule has 5 rings (SSSR count). The third kappa shape index (κ3) is 3.10. The van der Waals surface area contributed by atoms with Crippen LogP contribution < -0.4 is 0 Å². The minimum Gasteiger partial charge on any atom is -0.233 e. The minimum absolute atomic E-state index is 0.281. The largest absolute Gasteiger partial charge is 0.435 e. The van der Waals surface area contributed by atoms with Crippen LogP contribution in [0.5, 0.6) is 0 Å². The van der Waals surface area contributed by atoms with Crippen molar-refractivity contribution < 1.29 is 17.6 Å². The van der Waals surface area contributed by atoms with E-state index in [0.717, 1.165) is 27.6 Å². The summed E-state index contributed by atoms with van der Waals surface area (Å²) in [4.78, 5) is 0. The van der Waals surface area contributed by atoms with Crippen LogP contribution in [0.15, 0.2) is 84.9 Å². The molecule has 0 unspecified atom stereocenters. The summed E-state index contributed by atoms with van der Waals surface area (Å²) < 4.78 is 54.6. The molecule has 1 heterocycles. The number of fused-ring (bicyclic) bond motifs is 3. The monoisotopic (exact) mass is 406 g/mol. The Morgan fingerprint density at radius 2 is 1.40 bits per heavy atom. The standard InChI is InChI=1S/C24H14F4N2/c25-18-8-10-19(11-9-18)30-22(14-23(29-30)24(26,27)28)17-7-12-21-16(13-17)6-5-15-3-1-2-4-20(15)21/h1-14H. The van der Waals surface area contributed by atoms with Gasteiger partial charge >= 0.3 is 6.18 Å². The Morgan fingerprint density at radius 3 is 2.17 bits per heavy atom. The van der Waals surface area contributed by atoms with E-state index in [2.05, 4.69) is 5.10 Å². The summed E-state index contributed by atoms with van der Waals surface area (Å²) in [5.41, 5.74) is 0.218. The van der Waals surface area contributed by atoms with Crippen molar-refractivity contribution in [3.05, 3.63) is 96.4 Å². The Labute approximate surface area is 169 Å². The third-order valence-electron chi connectivity index (χ3n) is 5.11. The Kier molecular flexibility index (Phi) is 4.10. The van der Waals surface area contributed by atoms with E-state index in [4.69, 9.17) is 0 Å². The van der Waals surface area contributed by atoms with E-state index in [0.29, 0.717) is 11.3 Å². The molecule has 0 aliphatic carbocycles. The summed E-state index contributed by atoms with van der Waals surface area (Å²) in [7, 11) is 0. The first-order valence-corrected chi connectivity index (χ1v) is 9.25. The van der Waals surface area contributed by atoms with E-state index in [1.165, 1.54) is 28.9 Å². The highest BCUT2D eigenvalue weighted by Crippen LogP contribution is 2.35. The summed E-state index contributed by atoms with van der Waals surface area (Å²) in [5.74, 6) is -0.471. The predicted molar refractivity (Wildman–Crippen MR) is 109 cm³/mol. The maximum absolute atomic E-state index is 13.4. The number of benzene rings is 4. The van der Waals surface area contributed by atoms with Crippen molar-refractivity contribution >= 4 is 21.5 Å². The van der Waals surface area contributed by atoms with Gasteiger partial charge in [-0.3, -0.25) is 0 Å². The van der Waals surface area contributed by atoms with Gasteiger partial charge in [-0.15, -0.1) is 0 Å². The molecule has 0 aliphatic heterocycles. The molecule has 0 saturated heterocycles. The molecule has 0 spiro atoms. The molecule has 30 heavy (non-hydrogen) atoms. The summed E-state index contributed by atoms with van der Waals surface area (Å²) in [6.07, 6.45) is -4.59. The van der Waals surface area contributed by atoms with Crippen molar-refractivity contribution in [2.75, 3.05) is 0 Å². The number of alkyl halides is 3. The average molecular weight is 406 g/mol. The van der Waals surface area contributed by atoms with Gasteiger partial charge in [-0.2, -0.15) is 18.3 Å². The van der Waals surface area contributed by atoms with Crippen molar-refractivity contribution in [2.24, 2.45) is 0 Å². The van der Waals surface area contributed by atoms with Crippen LogP contribution in [0.4, 0.5) is 17.6 Å². The summed E-state index contributed by atoms with van der Waals surface area (Å²) in [6, 6.07) is 23.6. The molecule has 148 valence electrons. The normalized spacial score (nSPS) is 12.0. The molecule has 0 amide bonds. The number of hydrogen-bond acceptors (Lipinski definition) is 1. The van der Waals surface area contributed by atoms with Gasteiger partial charge in [0.2, 0.25) is 0 Å². The highest BCUT2D eigenvalue weighted by Gasteiger charge is 2.35. The van der Waals surface area contributed by atoms with Crippen molar-refractivity contribution in [1.29, 1.82) is 0 Å². The van der Waals surface area contributed by atoms with E-state index in [1.807, 2.05) is 48.5 Å². The van der Waals surface area contributed by atoms with Crippen LogP contribution in [0.25, 0.3) is 38.5 Å². The number of aromatic nitrogens is 2. The average Bonchev–Trinajstić information content (AvgIpc) is 3.20. The Hall–Kier alpha value is -3.67. The van der Waals surface area contributed by atoms with Crippen LogP contribution in [-0.4, -0.2) is 9.78 Å². The molecule has 2 nitrogen and oxygen atoms in total. The van der Waals surface area contributed by atoms with Gasteiger partial charge in [0, 0.05) is 5.56 Å². The molecule has 4 aromatic carbocycles. The van der Waals surface area contributed by atoms with E-state index >= 15 is 0 Å². The number of halogens is 4. The summed E-state index contributed by atoms with van der Waals surface area (Å²) in [6.45, 7) is 0. The molecule has 0 aliphatic rings. The highest BCUT2D eigenvalue weighted by atomic mass is 19.4. The van der Waals surface area contributed by atoms with E-state index in [1.54, 1.807) is 6.07 Å². The molecule has 0 N–H and O–H groups in total. The van der Waals surface area contributed by atoms with Crippen LogP contribution in [-0.2, 0) is 6.18 Å². The second-order valence-corrected chi connectivity index (χ2v) is 7.02. The molecular formula is C24H14F4N2. The van der Waals surface area contributed by atoms with Gasteiger partial charge in [0.15, 0.2) is 5.69 Å². The van der Waals surface area contributed by atoms with Gasteiger partial charge in [0.25, 0.3) is 0 Å². The molecule has 0 bridgehead atoms. The van der Waals surface area contributed by atoms with Gasteiger partial charge in [-0.1, -0.05) is 48.5 Å². The lowest BCUT2D eigenvalue weighted by molar-refractivity contribution is -0.141. The van der Waals surface area contributed by atoms with E-state index in [-0.39, 0.29) is 5.69 Å². The summed E-state index contributed by atoms with van der Waals surface area (Å²) >= 11 is 0. The van der Waals surface area contributed by atoms with Crippen molar-refractivity contribution in [1.82, 2.24) is 9.78 Å². The van der Waals surface area contributed by atoms with Crippen molar-refractivity contribution in [3.63, 3.8) is 0 Å². The van der Waals surface area contributed by atoms with Crippen LogP contribution in [0.1, 0.15) is 5.69 Å². The second-order valence-electron chi connectivity index (χ2n) is 7.02. The summed E-state index contributed by atoms with van der Waals surface area (Å²) in [5, 5.41) is 7.85. The first kappa shape index (κ1) is 18.4. The fourth-order valence-electron chi connectivity index (χ4n) is 3.68. The molecule has 0 atom stereocenters. The topological polar surface area (TPSA) is 17.8 Å². The second kappa shape index (κ2) is 6.69. The highest BCUT2D eigenvalue weighted by molar-refractivity contribution is 6.08. The van der Waals surface area contributed by atoms with E-state index < -0.39 is 17.7 Å². The first-order chi connectivity index (χ1) is 14.4. The fraction of sp³-hybridized carbons (Fsp3) is 0.0417. The smallest absolute Gasteiger partial charge is 0.233 e. The van der Waals surface area contributed by atoms with Crippen LogP contribution >= 0.6 is 0 Å². The lowest BCUT2D eigenvalue weighted by Gasteiger charge is -2.10. The van der Waals surface area contributed by atoms with Crippen LogP contribution in [0.3, 0.4) is 0 Å². The van der Waals surface area contributed by atoms with Crippen LogP contribution in [0.2, 0.25) is 0 Å². The SMILES string of the molecule is Fc1ccc(-n2nc(C(F)(F)F)cc2-c2ccc3c(ccc4ccccc43)c2)cc1. The number of hydrogen-bond donors (Lipinski definition) is 0.